The van der Waals surface area contributed by atoms with E-state index in [0.717, 1.165) is 21.7 Å². The zero-order chi connectivity index (χ0) is 14.1. The first-order chi connectivity index (χ1) is 8.14. The van der Waals surface area contributed by atoms with Crippen LogP contribution in [0.2, 0.25) is 0 Å². The van der Waals surface area contributed by atoms with Crippen LogP contribution < -0.4 is 4.31 Å². The molecule has 0 saturated heterocycles. The Morgan fingerprint density at radius 2 is 1.83 bits per heavy atom. The minimum absolute atomic E-state index is 0.371. The zero-order valence-corrected chi connectivity index (χ0v) is 11.7. The predicted molar refractivity (Wildman–Crippen MR) is 70.3 cm³/mol. The van der Waals surface area contributed by atoms with E-state index in [0.29, 0.717) is 5.69 Å². The summed E-state index contributed by atoms with van der Waals surface area (Å²) in [7, 11) is -3.64. The summed E-state index contributed by atoms with van der Waals surface area (Å²) >= 11 is 0. The van der Waals surface area contributed by atoms with Crippen LogP contribution in [-0.2, 0) is 14.8 Å². The first-order valence-corrected chi connectivity index (χ1v) is 7.29. The number of aryl methyl sites for hydroxylation is 2. The third-order valence-corrected chi connectivity index (χ3v) is 4.05. The van der Waals surface area contributed by atoms with E-state index in [1.165, 1.54) is 6.92 Å². The van der Waals surface area contributed by atoms with Crippen molar-refractivity contribution in [1.82, 2.24) is 0 Å². The van der Waals surface area contributed by atoms with Crippen molar-refractivity contribution in [2.45, 2.75) is 26.8 Å². The maximum atomic E-state index is 11.7. The lowest BCUT2D eigenvalue weighted by Crippen LogP contribution is -2.42. The molecule has 1 aromatic carbocycles. The number of sulfonamides is 1. The number of anilines is 1. The molecule has 0 radical (unpaired) electrons. The minimum atomic E-state index is -3.64. The van der Waals surface area contributed by atoms with E-state index in [-0.39, 0.29) is 0 Å². The molecular formula is C12H17NO4S. The molecule has 0 heterocycles. The molecule has 1 atom stereocenters. The lowest BCUT2D eigenvalue weighted by molar-refractivity contribution is -0.137. The molecule has 0 bridgehead atoms. The summed E-state index contributed by atoms with van der Waals surface area (Å²) in [5, 5.41) is 8.99. The molecule has 100 valence electrons. The van der Waals surface area contributed by atoms with Gasteiger partial charge in [-0.25, -0.2) is 13.2 Å². The second kappa shape index (κ2) is 4.97. The van der Waals surface area contributed by atoms with Crippen LogP contribution in [0.4, 0.5) is 5.69 Å². The monoisotopic (exact) mass is 271 g/mol. The Labute approximate surface area is 107 Å². The van der Waals surface area contributed by atoms with Gasteiger partial charge in [0.2, 0.25) is 10.0 Å². The van der Waals surface area contributed by atoms with Gasteiger partial charge in [0.05, 0.1) is 11.9 Å². The lowest BCUT2D eigenvalue weighted by Gasteiger charge is -2.26. The Kier molecular flexibility index (Phi) is 4.01. The Morgan fingerprint density at radius 3 is 2.22 bits per heavy atom. The van der Waals surface area contributed by atoms with Crippen molar-refractivity contribution in [3.8, 4) is 0 Å². The molecule has 6 heteroatoms. The molecule has 0 aromatic heterocycles. The van der Waals surface area contributed by atoms with Crippen molar-refractivity contribution in [1.29, 1.82) is 0 Å². The molecule has 1 aromatic rings. The van der Waals surface area contributed by atoms with Gasteiger partial charge in [-0.15, -0.1) is 0 Å². The van der Waals surface area contributed by atoms with E-state index in [9.17, 15) is 13.2 Å². The number of aliphatic carboxylic acids is 1. The summed E-state index contributed by atoms with van der Waals surface area (Å²) in [5.41, 5.74) is 2.31. The van der Waals surface area contributed by atoms with Gasteiger partial charge in [0.15, 0.2) is 0 Å². The zero-order valence-electron chi connectivity index (χ0n) is 10.8. The molecule has 18 heavy (non-hydrogen) atoms. The van der Waals surface area contributed by atoms with Gasteiger partial charge in [-0.3, -0.25) is 4.31 Å². The van der Waals surface area contributed by atoms with Crippen LogP contribution in [0.3, 0.4) is 0 Å². The molecule has 0 aliphatic heterocycles. The summed E-state index contributed by atoms with van der Waals surface area (Å²) in [6.45, 7) is 5.10. The number of nitrogens with zero attached hydrogens (tertiary/aromatic N) is 1. The highest BCUT2D eigenvalue weighted by Gasteiger charge is 2.28. The van der Waals surface area contributed by atoms with E-state index in [2.05, 4.69) is 0 Å². The number of carbonyl (C=O) groups is 1. The van der Waals surface area contributed by atoms with E-state index in [4.69, 9.17) is 5.11 Å². The highest BCUT2D eigenvalue weighted by atomic mass is 32.2. The molecule has 1 N–H and O–H groups in total. The Balaban J connectivity index is 3.36. The van der Waals surface area contributed by atoms with Gasteiger partial charge in [0.25, 0.3) is 0 Å². The van der Waals surface area contributed by atoms with Crippen LogP contribution in [-0.4, -0.2) is 31.8 Å². The highest BCUT2D eigenvalue weighted by molar-refractivity contribution is 7.92. The Hall–Kier alpha value is -1.56. The quantitative estimate of drug-likeness (QED) is 0.901. The van der Waals surface area contributed by atoms with E-state index < -0.39 is 22.0 Å². The summed E-state index contributed by atoms with van der Waals surface area (Å²) < 4.78 is 24.4. The highest BCUT2D eigenvalue weighted by Crippen LogP contribution is 2.23. The maximum Gasteiger partial charge on any atom is 0.327 e. The minimum Gasteiger partial charge on any atom is -0.480 e. The topological polar surface area (TPSA) is 74.7 Å². The molecule has 1 rings (SSSR count). The molecule has 0 amide bonds. The first kappa shape index (κ1) is 14.5. The Bertz CT molecular complexity index is 565. The van der Waals surface area contributed by atoms with Crippen molar-refractivity contribution in [2.24, 2.45) is 0 Å². The summed E-state index contributed by atoms with van der Waals surface area (Å²) in [5.74, 6) is -1.18. The number of rotatable bonds is 4. The summed E-state index contributed by atoms with van der Waals surface area (Å²) in [6.07, 6.45) is 1.00. The summed E-state index contributed by atoms with van der Waals surface area (Å²) in [4.78, 5) is 11.0. The van der Waals surface area contributed by atoms with Crippen LogP contribution in [0, 0.1) is 13.8 Å². The molecule has 0 spiro atoms. The van der Waals surface area contributed by atoms with Gasteiger partial charge < -0.3 is 5.11 Å². The third kappa shape index (κ3) is 3.01. The normalized spacial score (nSPS) is 13.1. The standard InChI is InChI=1S/C12H17NO4S/c1-8-5-6-11(7-9(8)2)13(18(4,16)17)10(3)12(14)15/h5-7,10H,1-4H3,(H,14,15)/t10-/m1/s1. The van der Waals surface area contributed by atoms with E-state index in [1.54, 1.807) is 18.2 Å². The third-order valence-electron chi connectivity index (χ3n) is 2.81. The average molecular weight is 271 g/mol. The van der Waals surface area contributed by atoms with E-state index in [1.807, 2.05) is 13.8 Å². The fraction of sp³-hybridized carbons (Fsp3) is 0.417. The van der Waals surface area contributed by atoms with E-state index >= 15 is 0 Å². The smallest absolute Gasteiger partial charge is 0.327 e. The molecule has 0 fully saturated rings. The van der Waals surface area contributed by atoms with Crippen molar-refractivity contribution >= 4 is 21.7 Å². The summed E-state index contributed by atoms with van der Waals surface area (Å²) in [6, 6.07) is 3.93. The number of benzene rings is 1. The number of carboxylic acid groups (broad SMARTS) is 1. The molecule has 0 aliphatic carbocycles. The molecule has 5 nitrogen and oxygen atoms in total. The molecular weight excluding hydrogens is 254 g/mol. The average Bonchev–Trinajstić information content (AvgIpc) is 2.21. The molecule has 0 aliphatic rings. The van der Waals surface area contributed by atoms with Crippen LogP contribution in [0.25, 0.3) is 0 Å². The van der Waals surface area contributed by atoms with Crippen molar-refractivity contribution in [3.63, 3.8) is 0 Å². The fourth-order valence-corrected chi connectivity index (χ4v) is 2.83. The van der Waals surface area contributed by atoms with Gasteiger partial charge in [-0.1, -0.05) is 6.07 Å². The first-order valence-electron chi connectivity index (χ1n) is 5.44. The number of carboxylic acids is 1. The van der Waals surface area contributed by atoms with Crippen molar-refractivity contribution < 1.29 is 18.3 Å². The van der Waals surface area contributed by atoms with Gasteiger partial charge in [0.1, 0.15) is 6.04 Å². The van der Waals surface area contributed by atoms with Gasteiger partial charge in [0, 0.05) is 0 Å². The SMILES string of the molecule is Cc1ccc(N([C@H](C)C(=O)O)S(C)(=O)=O)cc1C. The maximum absolute atomic E-state index is 11.7. The number of hydrogen-bond acceptors (Lipinski definition) is 3. The van der Waals surface area contributed by atoms with Crippen LogP contribution in [0.5, 0.6) is 0 Å². The second-order valence-electron chi connectivity index (χ2n) is 4.34. The molecule has 0 unspecified atom stereocenters. The van der Waals surface area contributed by atoms with Crippen LogP contribution >= 0.6 is 0 Å². The van der Waals surface area contributed by atoms with Crippen molar-refractivity contribution in [2.75, 3.05) is 10.6 Å². The van der Waals surface area contributed by atoms with Crippen LogP contribution in [0.1, 0.15) is 18.1 Å². The van der Waals surface area contributed by atoms with Gasteiger partial charge in [-0.2, -0.15) is 0 Å². The lowest BCUT2D eigenvalue weighted by atomic mass is 10.1. The second-order valence-corrected chi connectivity index (χ2v) is 6.20. The largest absolute Gasteiger partial charge is 0.480 e. The van der Waals surface area contributed by atoms with Crippen molar-refractivity contribution in [3.05, 3.63) is 29.3 Å². The Morgan fingerprint density at radius 1 is 1.28 bits per heavy atom. The van der Waals surface area contributed by atoms with Crippen LogP contribution in [0.15, 0.2) is 18.2 Å². The fourth-order valence-electron chi connectivity index (χ4n) is 1.67. The predicted octanol–water partition coefficient (Wildman–Crippen LogP) is 1.54. The molecule has 0 saturated carbocycles. The van der Waals surface area contributed by atoms with Gasteiger partial charge in [-0.05, 0) is 44.0 Å². The van der Waals surface area contributed by atoms with Gasteiger partial charge >= 0.3 is 5.97 Å². The number of hydrogen-bond donors (Lipinski definition) is 1.